The summed E-state index contributed by atoms with van der Waals surface area (Å²) < 4.78 is -0.637. The number of hydrogen-bond donors (Lipinski definition) is 1. The lowest BCUT2D eigenvalue weighted by atomic mass is 9.70. The van der Waals surface area contributed by atoms with Gasteiger partial charge in [-0.2, -0.15) is 0 Å². The molecule has 4 unspecified atom stereocenters. The lowest BCUT2D eigenvalue weighted by molar-refractivity contribution is -0.145. The Bertz CT molecular complexity index is 888. The van der Waals surface area contributed by atoms with Crippen LogP contribution in [0.5, 0.6) is 0 Å². The van der Waals surface area contributed by atoms with E-state index in [4.69, 9.17) is 0 Å². The van der Waals surface area contributed by atoms with Crippen molar-refractivity contribution in [2.45, 2.75) is 92.6 Å². The van der Waals surface area contributed by atoms with Gasteiger partial charge in [0.25, 0.3) is 0 Å². The second-order valence-electron chi connectivity index (χ2n) is 11.0. The van der Waals surface area contributed by atoms with Gasteiger partial charge in [-0.1, -0.05) is 48.4 Å². The molecule has 3 heterocycles. The molecule has 3 amide bonds. The van der Waals surface area contributed by atoms with Crippen molar-refractivity contribution < 1.29 is 19.5 Å². The van der Waals surface area contributed by atoms with Gasteiger partial charge in [-0.15, -0.1) is 24.9 Å². The molecule has 2 bridgehead atoms. The number of amides is 3. The number of likely N-dealkylation sites (tertiary alicyclic amines) is 1. The fourth-order valence-corrected chi connectivity index (χ4v) is 10.4. The number of carbonyl (C=O) groups excluding carboxylic acids is 3. The highest BCUT2D eigenvalue weighted by Gasteiger charge is 2.76. The standard InChI is InChI=1S/C29H46BrN3O4S/c1-6-13-20(5)32(16-9-4)28(37)25-29-19-21(30)24(38-29)22(26(35)31(14-7-2)15-8-3)23(29)27(36)33(25)17-11-10-12-18-34/h7,9,20-25,34H,2,4,6,8,10-19H2,1,3,5H3/t20?,21?,22-,23-,24-,25?,29?/m0/s1. The minimum absolute atomic E-state index is 0.00394. The van der Waals surface area contributed by atoms with Gasteiger partial charge in [-0.25, -0.2) is 0 Å². The smallest absolute Gasteiger partial charge is 0.247 e. The Labute approximate surface area is 241 Å². The molecule has 3 saturated heterocycles. The van der Waals surface area contributed by atoms with E-state index >= 15 is 0 Å². The van der Waals surface area contributed by atoms with Crippen molar-refractivity contribution in [2.75, 3.05) is 32.8 Å². The molecule has 0 saturated carbocycles. The highest BCUT2D eigenvalue weighted by molar-refractivity contribution is 9.09. The van der Waals surface area contributed by atoms with E-state index < -0.39 is 22.6 Å². The molecule has 3 aliphatic rings. The van der Waals surface area contributed by atoms with Crippen molar-refractivity contribution in [1.29, 1.82) is 0 Å². The number of aliphatic hydroxyl groups excluding tert-OH is 1. The first-order valence-corrected chi connectivity index (χ1v) is 16.1. The molecule has 214 valence electrons. The monoisotopic (exact) mass is 611 g/mol. The van der Waals surface area contributed by atoms with Gasteiger partial charge in [-0.3, -0.25) is 14.4 Å². The zero-order valence-electron chi connectivity index (χ0n) is 23.3. The molecule has 0 radical (unpaired) electrons. The molecule has 0 aromatic rings. The Hall–Kier alpha value is -1.32. The van der Waals surface area contributed by atoms with Gasteiger partial charge in [0.2, 0.25) is 17.7 Å². The van der Waals surface area contributed by atoms with E-state index in [-0.39, 0.29) is 40.4 Å². The van der Waals surface area contributed by atoms with Crippen LogP contribution in [0.1, 0.15) is 65.7 Å². The SMILES string of the molecule is C=CCN(CCC)C(=O)[C@H]1[C@H]2C(=O)N(CCCCCO)C(C(=O)N(CC=C)C(C)CCC)C23CC(Br)[C@@H]1S3. The lowest BCUT2D eigenvalue weighted by Gasteiger charge is -2.40. The van der Waals surface area contributed by atoms with E-state index in [2.05, 4.69) is 42.9 Å². The van der Waals surface area contributed by atoms with Crippen LogP contribution in [0.25, 0.3) is 0 Å². The van der Waals surface area contributed by atoms with E-state index in [0.29, 0.717) is 45.4 Å². The topological polar surface area (TPSA) is 81.2 Å². The van der Waals surface area contributed by atoms with Crippen LogP contribution < -0.4 is 0 Å². The molecule has 0 aromatic heterocycles. The predicted octanol–water partition coefficient (Wildman–Crippen LogP) is 4.24. The fraction of sp³-hybridized carbons (Fsp3) is 0.759. The molecule has 7 atom stereocenters. The number of aliphatic hydroxyl groups is 1. The summed E-state index contributed by atoms with van der Waals surface area (Å²) >= 11 is 5.56. The largest absolute Gasteiger partial charge is 0.396 e. The Morgan fingerprint density at radius 3 is 2.50 bits per heavy atom. The summed E-state index contributed by atoms with van der Waals surface area (Å²) in [5, 5.41) is 9.22. The highest BCUT2D eigenvalue weighted by Crippen LogP contribution is 2.68. The van der Waals surface area contributed by atoms with Crippen molar-refractivity contribution in [3.8, 4) is 0 Å². The molecule has 3 fully saturated rings. The summed E-state index contributed by atoms with van der Waals surface area (Å²) in [6.45, 7) is 16.0. The van der Waals surface area contributed by atoms with Crippen LogP contribution in [0.15, 0.2) is 25.3 Å². The van der Waals surface area contributed by atoms with Gasteiger partial charge in [0.05, 0.1) is 16.6 Å². The first-order valence-electron chi connectivity index (χ1n) is 14.3. The van der Waals surface area contributed by atoms with E-state index in [1.54, 1.807) is 28.8 Å². The summed E-state index contributed by atoms with van der Waals surface area (Å²) in [6.07, 6.45) is 9.02. The second-order valence-corrected chi connectivity index (χ2v) is 13.7. The maximum Gasteiger partial charge on any atom is 0.247 e. The number of alkyl halides is 1. The van der Waals surface area contributed by atoms with Crippen LogP contribution in [0.2, 0.25) is 0 Å². The molecule has 38 heavy (non-hydrogen) atoms. The normalized spacial score (nSPS) is 30.3. The summed E-state index contributed by atoms with van der Waals surface area (Å²) in [6, 6.07) is -0.582. The average molecular weight is 613 g/mol. The average Bonchev–Trinajstić information content (AvgIpc) is 3.47. The molecule has 1 N–H and O–H groups in total. The number of thioether (sulfide) groups is 1. The lowest BCUT2D eigenvalue weighted by Crippen LogP contribution is -2.57. The van der Waals surface area contributed by atoms with Gasteiger partial charge in [0.15, 0.2) is 0 Å². The summed E-state index contributed by atoms with van der Waals surface area (Å²) in [5.41, 5.74) is 0. The first kappa shape index (κ1) is 31.2. The van der Waals surface area contributed by atoms with E-state index in [1.165, 1.54) is 0 Å². The van der Waals surface area contributed by atoms with Crippen LogP contribution in [-0.2, 0) is 14.4 Å². The third kappa shape index (κ3) is 5.75. The highest BCUT2D eigenvalue weighted by atomic mass is 79.9. The predicted molar refractivity (Wildman–Crippen MR) is 158 cm³/mol. The number of fused-ring (bicyclic) bond motifs is 1. The van der Waals surface area contributed by atoms with Crippen LogP contribution in [0, 0.1) is 11.8 Å². The molecular formula is C29H46BrN3O4S. The first-order chi connectivity index (χ1) is 18.2. The van der Waals surface area contributed by atoms with Crippen molar-refractivity contribution in [1.82, 2.24) is 14.7 Å². The number of carbonyl (C=O) groups is 3. The molecule has 3 rings (SSSR count). The van der Waals surface area contributed by atoms with Crippen LogP contribution in [0.3, 0.4) is 0 Å². The van der Waals surface area contributed by atoms with Crippen LogP contribution in [-0.4, -0.2) is 97.2 Å². The van der Waals surface area contributed by atoms with E-state index in [1.807, 2.05) is 16.7 Å². The minimum Gasteiger partial charge on any atom is -0.396 e. The van der Waals surface area contributed by atoms with E-state index in [9.17, 15) is 19.5 Å². The minimum atomic E-state index is -0.637. The summed E-state index contributed by atoms with van der Waals surface area (Å²) in [5.74, 6) is -1.06. The molecule has 0 aromatic carbocycles. The van der Waals surface area contributed by atoms with E-state index in [0.717, 1.165) is 25.7 Å². The maximum absolute atomic E-state index is 14.5. The van der Waals surface area contributed by atoms with Crippen molar-refractivity contribution in [3.05, 3.63) is 25.3 Å². The molecule has 9 heteroatoms. The molecule has 0 aliphatic carbocycles. The zero-order valence-corrected chi connectivity index (χ0v) is 25.7. The number of nitrogens with zero attached hydrogens (tertiary/aromatic N) is 3. The maximum atomic E-state index is 14.5. The number of halogens is 1. The summed E-state index contributed by atoms with van der Waals surface area (Å²) in [7, 11) is 0. The van der Waals surface area contributed by atoms with Crippen molar-refractivity contribution in [2.24, 2.45) is 11.8 Å². The fourth-order valence-electron chi connectivity index (χ4n) is 6.79. The Balaban J connectivity index is 2.04. The van der Waals surface area contributed by atoms with Gasteiger partial charge < -0.3 is 19.8 Å². The number of unbranched alkanes of at least 4 members (excludes halogenated alkanes) is 2. The number of rotatable bonds is 16. The summed E-state index contributed by atoms with van der Waals surface area (Å²) in [4.78, 5) is 48.3. The quantitative estimate of drug-likeness (QED) is 0.160. The van der Waals surface area contributed by atoms with Gasteiger partial charge >= 0.3 is 0 Å². The van der Waals surface area contributed by atoms with Crippen LogP contribution in [0.4, 0.5) is 0 Å². The van der Waals surface area contributed by atoms with Crippen LogP contribution >= 0.6 is 27.7 Å². The van der Waals surface area contributed by atoms with Crippen molar-refractivity contribution >= 4 is 45.4 Å². The zero-order chi connectivity index (χ0) is 28.0. The number of hydrogen-bond acceptors (Lipinski definition) is 5. The molecule has 3 aliphatic heterocycles. The third-order valence-corrected chi connectivity index (χ3v) is 11.6. The second kappa shape index (κ2) is 13.8. The van der Waals surface area contributed by atoms with Gasteiger partial charge in [0, 0.05) is 48.9 Å². The van der Waals surface area contributed by atoms with Crippen molar-refractivity contribution in [3.63, 3.8) is 0 Å². The van der Waals surface area contributed by atoms with Gasteiger partial charge in [0.1, 0.15) is 6.04 Å². The third-order valence-electron chi connectivity index (χ3n) is 8.37. The molecule has 7 nitrogen and oxygen atoms in total. The Morgan fingerprint density at radius 1 is 1.18 bits per heavy atom. The van der Waals surface area contributed by atoms with Gasteiger partial charge in [-0.05, 0) is 45.4 Å². The Kier molecular flexibility index (Phi) is 11.4. The molecule has 1 spiro atoms. The Morgan fingerprint density at radius 2 is 1.89 bits per heavy atom. The molecular weight excluding hydrogens is 566 g/mol.